The number of benzene rings is 1. The van der Waals surface area contributed by atoms with Crippen LogP contribution in [0.2, 0.25) is 0 Å². The first-order chi connectivity index (χ1) is 8.34. The van der Waals surface area contributed by atoms with E-state index in [2.05, 4.69) is 21.2 Å². The summed E-state index contributed by atoms with van der Waals surface area (Å²) in [4.78, 5) is 0. The number of hydrogen-bond donors (Lipinski definition) is 1. The highest BCUT2D eigenvalue weighted by Crippen LogP contribution is 2.16. The van der Waals surface area contributed by atoms with Crippen LogP contribution in [-0.4, -0.2) is 32.4 Å². The van der Waals surface area contributed by atoms with Crippen LogP contribution in [0.4, 0.5) is 0 Å². The van der Waals surface area contributed by atoms with Gasteiger partial charge < -0.3 is 14.8 Å². The average molecular weight is 300 g/mol. The van der Waals surface area contributed by atoms with E-state index in [0.29, 0.717) is 19.3 Å². The second-order valence-corrected chi connectivity index (χ2v) is 5.04. The van der Waals surface area contributed by atoms with E-state index in [1.165, 1.54) is 0 Å². The van der Waals surface area contributed by atoms with E-state index in [1.807, 2.05) is 24.3 Å². The van der Waals surface area contributed by atoms with Crippen molar-refractivity contribution in [2.24, 2.45) is 0 Å². The van der Waals surface area contributed by atoms with Crippen molar-refractivity contribution < 1.29 is 9.47 Å². The third kappa shape index (κ3) is 4.66. The lowest BCUT2D eigenvalue weighted by molar-refractivity contribution is 0.0168. The van der Waals surface area contributed by atoms with Gasteiger partial charge in [-0.2, -0.15) is 0 Å². The standard InChI is InChI=1S/C13H18BrNO2/c14-11-1-3-12(4-2-11)16-9-10-17-13-5-7-15-8-6-13/h1-4,13,15H,5-10H2. The molecule has 1 saturated heterocycles. The Hall–Kier alpha value is -0.580. The van der Waals surface area contributed by atoms with Crippen LogP contribution in [0.15, 0.2) is 28.7 Å². The van der Waals surface area contributed by atoms with Gasteiger partial charge >= 0.3 is 0 Å². The lowest BCUT2D eigenvalue weighted by Gasteiger charge is -2.22. The van der Waals surface area contributed by atoms with E-state index >= 15 is 0 Å². The van der Waals surface area contributed by atoms with Crippen LogP contribution in [-0.2, 0) is 4.74 Å². The first-order valence-electron chi connectivity index (χ1n) is 6.05. The van der Waals surface area contributed by atoms with Crippen LogP contribution in [0, 0.1) is 0 Å². The Balaban J connectivity index is 1.60. The molecule has 4 heteroatoms. The van der Waals surface area contributed by atoms with Gasteiger partial charge in [0.1, 0.15) is 12.4 Å². The highest BCUT2D eigenvalue weighted by atomic mass is 79.9. The minimum absolute atomic E-state index is 0.407. The van der Waals surface area contributed by atoms with Crippen molar-refractivity contribution in [1.82, 2.24) is 5.32 Å². The van der Waals surface area contributed by atoms with Crippen LogP contribution >= 0.6 is 15.9 Å². The highest BCUT2D eigenvalue weighted by molar-refractivity contribution is 9.10. The Labute approximate surface area is 111 Å². The van der Waals surface area contributed by atoms with Gasteiger partial charge in [0.05, 0.1) is 12.7 Å². The van der Waals surface area contributed by atoms with Gasteiger partial charge in [-0.3, -0.25) is 0 Å². The molecule has 1 aliphatic heterocycles. The zero-order chi connectivity index (χ0) is 11.9. The van der Waals surface area contributed by atoms with Gasteiger partial charge in [-0.15, -0.1) is 0 Å². The van der Waals surface area contributed by atoms with Crippen molar-refractivity contribution >= 4 is 15.9 Å². The van der Waals surface area contributed by atoms with Gasteiger partial charge in [0, 0.05) is 4.47 Å². The van der Waals surface area contributed by atoms with Gasteiger partial charge in [-0.25, -0.2) is 0 Å². The monoisotopic (exact) mass is 299 g/mol. The largest absolute Gasteiger partial charge is 0.491 e. The average Bonchev–Trinajstić information content (AvgIpc) is 2.38. The molecule has 0 saturated carbocycles. The molecule has 17 heavy (non-hydrogen) atoms. The van der Waals surface area contributed by atoms with Gasteiger partial charge in [0.15, 0.2) is 0 Å². The first kappa shape index (κ1) is 12.9. The van der Waals surface area contributed by atoms with E-state index in [0.717, 1.165) is 36.2 Å². The Morgan fingerprint density at radius 3 is 2.53 bits per heavy atom. The van der Waals surface area contributed by atoms with Gasteiger partial charge in [-0.05, 0) is 50.2 Å². The Kier molecular flexibility index (Phi) is 5.29. The Morgan fingerprint density at radius 2 is 1.82 bits per heavy atom. The van der Waals surface area contributed by atoms with E-state index < -0.39 is 0 Å². The molecule has 1 heterocycles. The number of piperidine rings is 1. The molecule has 0 unspecified atom stereocenters. The Bertz CT molecular complexity index is 323. The molecule has 0 aromatic heterocycles. The highest BCUT2D eigenvalue weighted by Gasteiger charge is 2.12. The van der Waals surface area contributed by atoms with Gasteiger partial charge in [-0.1, -0.05) is 15.9 Å². The molecule has 0 amide bonds. The quantitative estimate of drug-likeness (QED) is 0.848. The predicted molar refractivity (Wildman–Crippen MR) is 71.5 cm³/mol. The lowest BCUT2D eigenvalue weighted by atomic mass is 10.1. The molecular weight excluding hydrogens is 282 g/mol. The molecule has 0 bridgehead atoms. The van der Waals surface area contributed by atoms with Crippen LogP contribution < -0.4 is 10.1 Å². The fourth-order valence-corrected chi connectivity index (χ4v) is 2.13. The maximum atomic E-state index is 5.75. The van der Waals surface area contributed by atoms with Crippen LogP contribution in [0.1, 0.15) is 12.8 Å². The minimum Gasteiger partial charge on any atom is -0.491 e. The minimum atomic E-state index is 0.407. The summed E-state index contributed by atoms with van der Waals surface area (Å²) in [6, 6.07) is 7.86. The van der Waals surface area contributed by atoms with Crippen LogP contribution in [0.5, 0.6) is 5.75 Å². The van der Waals surface area contributed by atoms with Gasteiger partial charge in [0.25, 0.3) is 0 Å². The summed E-state index contributed by atoms with van der Waals surface area (Å²) in [7, 11) is 0. The number of nitrogens with one attached hydrogen (secondary N) is 1. The zero-order valence-corrected chi connectivity index (χ0v) is 11.4. The topological polar surface area (TPSA) is 30.5 Å². The summed E-state index contributed by atoms with van der Waals surface area (Å²) >= 11 is 3.39. The van der Waals surface area contributed by atoms with Crippen molar-refractivity contribution in [2.45, 2.75) is 18.9 Å². The molecule has 3 nitrogen and oxygen atoms in total. The second-order valence-electron chi connectivity index (χ2n) is 4.12. The third-order valence-electron chi connectivity index (χ3n) is 2.81. The van der Waals surface area contributed by atoms with Gasteiger partial charge in [0.2, 0.25) is 0 Å². The molecule has 1 aromatic rings. The summed E-state index contributed by atoms with van der Waals surface area (Å²) in [6.07, 6.45) is 2.63. The molecule has 0 aliphatic carbocycles. The second kappa shape index (κ2) is 6.99. The fourth-order valence-electron chi connectivity index (χ4n) is 1.87. The molecule has 94 valence electrons. The summed E-state index contributed by atoms with van der Waals surface area (Å²) < 4.78 is 12.4. The smallest absolute Gasteiger partial charge is 0.119 e. The van der Waals surface area contributed by atoms with Crippen molar-refractivity contribution in [1.29, 1.82) is 0 Å². The van der Waals surface area contributed by atoms with E-state index in [4.69, 9.17) is 9.47 Å². The summed E-state index contributed by atoms with van der Waals surface area (Å²) in [6.45, 7) is 3.42. The predicted octanol–water partition coefficient (Wildman–Crippen LogP) is 2.60. The molecule has 1 aromatic carbocycles. The van der Waals surface area contributed by atoms with Crippen LogP contribution in [0.25, 0.3) is 0 Å². The van der Waals surface area contributed by atoms with Crippen molar-refractivity contribution in [3.63, 3.8) is 0 Å². The third-order valence-corrected chi connectivity index (χ3v) is 3.33. The van der Waals surface area contributed by atoms with E-state index in [9.17, 15) is 0 Å². The number of ether oxygens (including phenoxy) is 2. The normalized spacial score (nSPS) is 17.0. The maximum Gasteiger partial charge on any atom is 0.119 e. The van der Waals surface area contributed by atoms with Crippen molar-refractivity contribution in [3.8, 4) is 5.75 Å². The Morgan fingerprint density at radius 1 is 1.12 bits per heavy atom. The summed E-state index contributed by atoms with van der Waals surface area (Å²) in [5, 5.41) is 3.32. The molecule has 1 fully saturated rings. The zero-order valence-electron chi connectivity index (χ0n) is 9.82. The molecule has 1 N–H and O–H groups in total. The SMILES string of the molecule is Brc1ccc(OCCOC2CCNCC2)cc1. The lowest BCUT2D eigenvalue weighted by Crippen LogP contribution is -2.33. The van der Waals surface area contributed by atoms with Crippen molar-refractivity contribution in [3.05, 3.63) is 28.7 Å². The van der Waals surface area contributed by atoms with Crippen molar-refractivity contribution in [2.75, 3.05) is 26.3 Å². The number of rotatable bonds is 5. The molecule has 0 atom stereocenters. The number of halogens is 1. The first-order valence-corrected chi connectivity index (χ1v) is 6.84. The summed E-state index contributed by atoms with van der Waals surface area (Å²) in [5.74, 6) is 0.891. The molecular formula is C13H18BrNO2. The molecule has 2 rings (SSSR count). The summed E-state index contributed by atoms with van der Waals surface area (Å²) in [5.41, 5.74) is 0. The molecule has 0 radical (unpaired) electrons. The molecule has 0 spiro atoms. The van der Waals surface area contributed by atoms with E-state index in [1.54, 1.807) is 0 Å². The van der Waals surface area contributed by atoms with E-state index in [-0.39, 0.29) is 0 Å². The molecule has 1 aliphatic rings. The van der Waals surface area contributed by atoms with Crippen LogP contribution in [0.3, 0.4) is 0 Å². The fraction of sp³-hybridized carbons (Fsp3) is 0.538. The maximum absolute atomic E-state index is 5.75. The number of hydrogen-bond acceptors (Lipinski definition) is 3.